The summed E-state index contributed by atoms with van der Waals surface area (Å²) in [6.07, 6.45) is 1.32. The summed E-state index contributed by atoms with van der Waals surface area (Å²) < 4.78 is 25.4. The Morgan fingerprint density at radius 1 is 1.00 bits per heavy atom. The van der Waals surface area contributed by atoms with Gasteiger partial charge in [-0.3, -0.25) is 9.69 Å². The van der Waals surface area contributed by atoms with E-state index >= 15 is 0 Å². The number of aryl methyl sites for hydroxylation is 1. The highest BCUT2D eigenvalue weighted by Gasteiger charge is 2.24. The van der Waals surface area contributed by atoms with Crippen LogP contribution in [0.25, 0.3) is 0 Å². The molecular formula is C20H24ClNO4S. The Balaban J connectivity index is 0.00000261. The second-order valence-electron chi connectivity index (χ2n) is 6.85. The molecule has 1 heterocycles. The number of hydrogen-bond donors (Lipinski definition) is 1. The van der Waals surface area contributed by atoms with Crippen LogP contribution in [0, 0.1) is 12.8 Å². The Hall–Kier alpha value is -1.89. The van der Waals surface area contributed by atoms with Crippen LogP contribution < -0.4 is 0 Å². The average Bonchev–Trinajstić information content (AvgIpc) is 2.63. The highest BCUT2D eigenvalue weighted by molar-refractivity contribution is 7.91. The third kappa shape index (κ3) is 5.09. The van der Waals surface area contributed by atoms with Gasteiger partial charge in [0.2, 0.25) is 9.84 Å². The molecule has 1 N–H and O–H groups in total. The number of likely N-dealkylation sites (tertiary alicyclic amines) is 1. The van der Waals surface area contributed by atoms with Gasteiger partial charge in [-0.25, -0.2) is 8.42 Å². The molecule has 0 bridgehead atoms. The monoisotopic (exact) mass is 409 g/mol. The summed E-state index contributed by atoms with van der Waals surface area (Å²) in [5.74, 6) is -0.955. The quantitative estimate of drug-likeness (QED) is 0.817. The molecule has 0 saturated carbocycles. The minimum absolute atomic E-state index is 0. The van der Waals surface area contributed by atoms with Crippen molar-refractivity contribution in [3.8, 4) is 0 Å². The number of halogens is 1. The number of carboxylic acids is 1. The number of hydrogen-bond acceptors (Lipinski definition) is 4. The molecule has 1 aliphatic rings. The number of piperidine rings is 1. The van der Waals surface area contributed by atoms with Crippen LogP contribution >= 0.6 is 12.4 Å². The number of benzene rings is 2. The van der Waals surface area contributed by atoms with E-state index in [0.29, 0.717) is 24.3 Å². The summed E-state index contributed by atoms with van der Waals surface area (Å²) in [6.45, 7) is 4.13. The highest BCUT2D eigenvalue weighted by atomic mass is 35.5. The molecule has 0 aliphatic carbocycles. The minimum Gasteiger partial charge on any atom is -0.481 e. The van der Waals surface area contributed by atoms with Gasteiger partial charge in [0.15, 0.2) is 0 Å². The fraction of sp³-hybridized carbons (Fsp3) is 0.350. The van der Waals surface area contributed by atoms with Crippen LogP contribution in [0.2, 0.25) is 0 Å². The molecule has 2 aromatic carbocycles. The fourth-order valence-electron chi connectivity index (χ4n) is 3.22. The Bertz CT molecular complexity index is 871. The lowest BCUT2D eigenvalue weighted by Gasteiger charge is -2.30. The maximum atomic E-state index is 12.7. The molecule has 1 aliphatic heterocycles. The van der Waals surface area contributed by atoms with Gasteiger partial charge in [0.1, 0.15) is 0 Å². The van der Waals surface area contributed by atoms with E-state index in [1.807, 2.05) is 19.1 Å². The maximum Gasteiger partial charge on any atom is 0.306 e. The number of aliphatic carboxylic acids is 1. The molecule has 0 spiro atoms. The first-order valence-corrected chi connectivity index (χ1v) is 10.2. The lowest BCUT2D eigenvalue weighted by atomic mass is 9.97. The predicted molar refractivity (Wildman–Crippen MR) is 106 cm³/mol. The van der Waals surface area contributed by atoms with Crippen molar-refractivity contribution in [3.05, 3.63) is 59.7 Å². The molecular weight excluding hydrogens is 386 g/mol. The van der Waals surface area contributed by atoms with Gasteiger partial charge in [-0.05, 0) is 62.7 Å². The summed E-state index contributed by atoms with van der Waals surface area (Å²) in [6, 6.07) is 13.8. The second kappa shape index (κ2) is 8.87. The van der Waals surface area contributed by atoms with E-state index in [0.717, 1.165) is 24.2 Å². The van der Waals surface area contributed by atoms with Gasteiger partial charge < -0.3 is 5.11 Å². The van der Waals surface area contributed by atoms with E-state index in [9.17, 15) is 13.2 Å². The minimum atomic E-state index is -3.50. The SMILES string of the molecule is Cc1ccc(S(=O)(=O)c2ccc(CN3CCC(C(=O)O)CC3)cc2)cc1.Cl. The molecule has 1 fully saturated rings. The summed E-state index contributed by atoms with van der Waals surface area (Å²) in [5, 5.41) is 9.05. The van der Waals surface area contributed by atoms with Crippen molar-refractivity contribution >= 4 is 28.2 Å². The van der Waals surface area contributed by atoms with Crippen LogP contribution in [0.3, 0.4) is 0 Å². The maximum absolute atomic E-state index is 12.7. The summed E-state index contributed by atoms with van der Waals surface area (Å²) in [4.78, 5) is 13.8. The zero-order valence-electron chi connectivity index (χ0n) is 15.2. The second-order valence-corrected chi connectivity index (χ2v) is 8.80. The van der Waals surface area contributed by atoms with E-state index < -0.39 is 15.8 Å². The van der Waals surface area contributed by atoms with Gasteiger partial charge in [0, 0.05) is 6.54 Å². The smallest absolute Gasteiger partial charge is 0.306 e. The van der Waals surface area contributed by atoms with Crippen LogP contribution in [-0.4, -0.2) is 37.5 Å². The first kappa shape index (κ1) is 21.4. The van der Waals surface area contributed by atoms with Crippen LogP contribution in [0.1, 0.15) is 24.0 Å². The molecule has 7 heteroatoms. The van der Waals surface area contributed by atoms with Gasteiger partial charge in [-0.2, -0.15) is 0 Å². The van der Waals surface area contributed by atoms with Gasteiger partial charge in [0.05, 0.1) is 15.7 Å². The topological polar surface area (TPSA) is 74.7 Å². The number of nitrogens with zero attached hydrogens (tertiary/aromatic N) is 1. The van der Waals surface area contributed by atoms with Crippen LogP contribution in [0.5, 0.6) is 0 Å². The molecule has 5 nitrogen and oxygen atoms in total. The highest BCUT2D eigenvalue weighted by Crippen LogP contribution is 2.23. The van der Waals surface area contributed by atoms with E-state index in [1.165, 1.54) is 0 Å². The fourth-order valence-corrected chi connectivity index (χ4v) is 4.48. The average molecular weight is 410 g/mol. The van der Waals surface area contributed by atoms with Crippen LogP contribution in [0.15, 0.2) is 58.3 Å². The predicted octanol–water partition coefficient (Wildman–Crippen LogP) is 3.55. The Labute approximate surface area is 166 Å². The Kier molecular flexibility index (Phi) is 7.03. The van der Waals surface area contributed by atoms with E-state index in [2.05, 4.69) is 4.90 Å². The van der Waals surface area contributed by atoms with Crippen molar-refractivity contribution in [2.45, 2.75) is 36.1 Å². The largest absolute Gasteiger partial charge is 0.481 e. The Morgan fingerprint density at radius 2 is 1.48 bits per heavy atom. The third-order valence-corrected chi connectivity index (χ3v) is 6.69. The molecule has 0 amide bonds. The standard InChI is InChI=1S/C20H23NO4S.ClH/c1-15-2-6-18(7-3-15)26(24,25)19-8-4-16(5-9-19)14-21-12-10-17(11-13-21)20(22)23;/h2-9,17H,10-14H2,1H3,(H,22,23);1H. The first-order chi connectivity index (χ1) is 12.4. The summed E-state index contributed by atoms with van der Waals surface area (Å²) >= 11 is 0. The number of rotatable bonds is 5. The van der Waals surface area contributed by atoms with Crippen molar-refractivity contribution in [3.63, 3.8) is 0 Å². The zero-order chi connectivity index (χ0) is 18.7. The molecule has 3 rings (SSSR count). The zero-order valence-corrected chi connectivity index (χ0v) is 16.8. The van der Waals surface area contributed by atoms with Gasteiger partial charge in [-0.15, -0.1) is 12.4 Å². The summed E-state index contributed by atoms with van der Waals surface area (Å²) in [5.41, 5.74) is 2.05. The van der Waals surface area contributed by atoms with E-state index in [4.69, 9.17) is 5.11 Å². The number of sulfone groups is 1. The Morgan fingerprint density at radius 3 is 1.96 bits per heavy atom. The molecule has 0 atom stereocenters. The van der Waals surface area contributed by atoms with Gasteiger partial charge in [-0.1, -0.05) is 29.8 Å². The first-order valence-electron chi connectivity index (χ1n) is 8.72. The number of carbonyl (C=O) groups is 1. The van der Waals surface area contributed by atoms with Gasteiger partial charge >= 0.3 is 5.97 Å². The third-order valence-electron chi connectivity index (χ3n) is 4.91. The van der Waals surface area contributed by atoms with Crippen molar-refractivity contribution in [1.29, 1.82) is 0 Å². The van der Waals surface area contributed by atoms with Crippen molar-refractivity contribution < 1.29 is 18.3 Å². The molecule has 1 saturated heterocycles. The molecule has 0 unspecified atom stereocenters. The van der Waals surface area contributed by atoms with Crippen molar-refractivity contribution in [2.24, 2.45) is 5.92 Å². The lowest BCUT2D eigenvalue weighted by Crippen LogP contribution is -2.35. The summed E-state index contributed by atoms with van der Waals surface area (Å²) in [7, 11) is -3.50. The van der Waals surface area contributed by atoms with E-state index in [1.54, 1.807) is 36.4 Å². The van der Waals surface area contributed by atoms with Crippen LogP contribution in [-0.2, 0) is 21.2 Å². The molecule has 146 valence electrons. The normalized spacial score (nSPS) is 15.9. The molecule has 0 aromatic heterocycles. The van der Waals surface area contributed by atoms with Gasteiger partial charge in [0.25, 0.3) is 0 Å². The lowest BCUT2D eigenvalue weighted by molar-refractivity contribution is -0.143. The molecule has 2 aromatic rings. The van der Waals surface area contributed by atoms with Crippen LogP contribution in [0.4, 0.5) is 0 Å². The van der Waals surface area contributed by atoms with Crippen molar-refractivity contribution in [2.75, 3.05) is 13.1 Å². The molecule has 27 heavy (non-hydrogen) atoms. The van der Waals surface area contributed by atoms with E-state index in [-0.39, 0.29) is 23.2 Å². The number of carboxylic acid groups (broad SMARTS) is 1. The molecule has 0 radical (unpaired) electrons. The van der Waals surface area contributed by atoms with Crippen molar-refractivity contribution in [1.82, 2.24) is 4.90 Å².